The van der Waals surface area contributed by atoms with Crippen molar-refractivity contribution in [2.75, 3.05) is 5.32 Å². The van der Waals surface area contributed by atoms with E-state index < -0.39 is 5.97 Å². The number of aromatic nitrogens is 2. The smallest absolute Gasteiger partial charge is 0.356 e. The van der Waals surface area contributed by atoms with Crippen LogP contribution in [0.25, 0.3) is 10.2 Å². The minimum absolute atomic E-state index is 0.112. The second kappa shape index (κ2) is 5.07. The highest BCUT2D eigenvalue weighted by molar-refractivity contribution is 7.16. The number of hydrogen-bond acceptors (Lipinski definition) is 5. The largest absolute Gasteiger partial charge is 0.476 e. The first-order chi connectivity index (χ1) is 9.63. The van der Waals surface area contributed by atoms with E-state index in [0.717, 1.165) is 15.9 Å². The summed E-state index contributed by atoms with van der Waals surface area (Å²) in [5, 5.41) is 12.2. The Bertz CT molecular complexity index is 803. The minimum atomic E-state index is -1.16. The fourth-order valence-corrected chi connectivity index (χ4v) is 2.64. The van der Waals surface area contributed by atoms with Crippen LogP contribution in [0.1, 0.15) is 10.5 Å². The van der Waals surface area contributed by atoms with E-state index in [4.69, 9.17) is 16.7 Å². The number of nitrogens with one attached hydrogen (secondary N) is 1. The van der Waals surface area contributed by atoms with E-state index in [-0.39, 0.29) is 10.7 Å². The van der Waals surface area contributed by atoms with Crippen molar-refractivity contribution in [3.63, 3.8) is 0 Å². The third kappa shape index (κ3) is 2.43. The first-order valence-corrected chi connectivity index (χ1v) is 6.89. The molecule has 100 valence electrons. The Hall–Kier alpha value is -2.18. The summed E-state index contributed by atoms with van der Waals surface area (Å²) in [5.74, 6) is -0.729. The molecule has 0 fully saturated rings. The molecule has 0 aliphatic carbocycles. The predicted octanol–water partition coefficient (Wildman–Crippen LogP) is 3.79. The van der Waals surface area contributed by atoms with Gasteiger partial charge < -0.3 is 10.4 Å². The number of nitrogens with zero attached hydrogens (tertiary/aromatic N) is 2. The van der Waals surface area contributed by atoms with E-state index in [2.05, 4.69) is 15.3 Å². The van der Waals surface area contributed by atoms with Crippen molar-refractivity contribution in [3.05, 3.63) is 46.6 Å². The van der Waals surface area contributed by atoms with Crippen molar-refractivity contribution in [3.8, 4) is 0 Å². The van der Waals surface area contributed by atoms with Gasteiger partial charge >= 0.3 is 5.97 Å². The molecular weight excluding hydrogens is 298 g/mol. The molecule has 0 radical (unpaired) electrons. The monoisotopic (exact) mass is 305 g/mol. The highest BCUT2D eigenvalue weighted by Crippen LogP contribution is 2.25. The number of rotatable bonds is 3. The molecule has 0 amide bonds. The Morgan fingerprint density at radius 2 is 2.15 bits per heavy atom. The van der Waals surface area contributed by atoms with Crippen LogP contribution in [0.4, 0.5) is 11.5 Å². The van der Waals surface area contributed by atoms with Gasteiger partial charge in [-0.3, -0.25) is 0 Å². The third-order valence-corrected chi connectivity index (χ3v) is 3.75. The topological polar surface area (TPSA) is 75.1 Å². The summed E-state index contributed by atoms with van der Waals surface area (Å²) in [4.78, 5) is 19.2. The molecule has 7 heteroatoms. The normalized spacial score (nSPS) is 10.7. The lowest BCUT2D eigenvalue weighted by atomic mass is 10.3. The Balaban J connectivity index is 1.94. The molecule has 0 aliphatic rings. The van der Waals surface area contributed by atoms with Crippen molar-refractivity contribution in [1.82, 2.24) is 9.97 Å². The van der Waals surface area contributed by atoms with Crippen molar-refractivity contribution in [2.45, 2.75) is 0 Å². The maximum Gasteiger partial charge on any atom is 0.356 e. The van der Waals surface area contributed by atoms with Gasteiger partial charge in [0.15, 0.2) is 5.69 Å². The van der Waals surface area contributed by atoms with Crippen molar-refractivity contribution in [2.24, 2.45) is 0 Å². The van der Waals surface area contributed by atoms with Crippen LogP contribution >= 0.6 is 22.9 Å². The molecule has 0 spiro atoms. The average Bonchev–Trinajstić information content (AvgIpc) is 2.88. The Labute approximate surface area is 122 Å². The summed E-state index contributed by atoms with van der Waals surface area (Å²) >= 11 is 7.32. The second-order valence-corrected chi connectivity index (χ2v) is 5.29. The van der Waals surface area contributed by atoms with Gasteiger partial charge in [0.1, 0.15) is 5.82 Å². The molecule has 2 aromatic heterocycles. The van der Waals surface area contributed by atoms with Crippen molar-refractivity contribution < 1.29 is 9.90 Å². The molecule has 2 heterocycles. The van der Waals surface area contributed by atoms with Crippen LogP contribution in [0.2, 0.25) is 5.02 Å². The molecule has 3 rings (SSSR count). The maximum atomic E-state index is 11.0. The van der Waals surface area contributed by atoms with Crippen LogP contribution < -0.4 is 5.32 Å². The maximum absolute atomic E-state index is 11.0. The lowest BCUT2D eigenvalue weighted by Gasteiger charge is -2.07. The molecule has 5 nitrogen and oxygen atoms in total. The van der Waals surface area contributed by atoms with Gasteiger partial charge in [-0.1, -0.05) is 11.6 Å². The van der Waals surface area contributed by atoms with Gasteiger partial charge in [-0.25, -0.2) is 14.8 Å². The van der Waals surface area contributed by atoms with E-state index >= 15 is 0 Å². The highest BCUT2D eigenvalue weighted by Gasteiger charge is 2.11. The van der Waals surface area contributed by atoms with E-state index in [9.17, 15) is 4.79 Å². The zero-order chi connectivity index (χ0) is 14.1. The molecular formula is C13H8ClN3O2S. The average molecular weight is 306 g/mol. The third-order valence-electron chi connectivity index (χ3n) is 2.65. The summed E-state index contributed by atoms with van der Waals surface area (Å²) in [6.07, 6.45) is 0. The number of hydrogen-bond donors (Lipinski definition) is 2. The number of aromatic carboxylic acids is 1. The first kappa shape index (κ1) is 12.8. The molecule has 0 atom stereocenters. The lowest BCUT2D eigenvalue weighted by molar-refractivity contribution is 0.0691. The van der Waals surface area contributed by atoms with Crippen LogP contribution in [0.3, 0.4) is 0 Å². The number of anilines is 2. The van der Waals surface area contributed by atoms with Gasteiger partial charge in [0.05, 0.1) is 20.7 Å². The Kier molecular flexibility index (Phi) is 3.25. The van der Waals surface area contributed by atoms with Gasteiger partial charge in [0.2, 0.25) is 0 Å². The van der Waals surface area contributed by atoms with Crippen LogP contribution in [0.15, 0.2) is 35.8 Å². The number of benzene rings is 1. The molecule has 0 saturated carbocycles. The number of carboxylic acid groups (broad SMARTS) is 1. The van der Waals surface area contributed by atoms with Gasteiger partial charge in [-0.2, -0.15) is 0 Å². The fourth-order valence-electron chi connectivity index (χ4n) is 1.74. The summed E-state index contributed by atoms with van der Waals surface area (Å²) in [6, 6.07) is 8.82. The highest BCUT2D eigenvalue weighted by atomic mass is 35.5. The van der Waals surface area contributed by atoms with Crippen LogP contribution in [-0.2, 0) is 0 Å². The van der Waals surface area contributed by atoms with E-state index in [1.807, 2.05) is 18.2 Å². The number of pyridine rings is 1. The lowest BCUT2D eigenvalue weighted by Crippen LogP contribution is -2.04. The number of halogens is 1. The van der Waals surface area contributed by atoms with E-state index in [1.54, 1.807) is 11.6 Å². The minimum Gasteiger partial charge on any atom is -0.476 e. The van der Waals surface area contributed by atoms with Crippen LogP contribution in [0.5, 0.6) is 0 Å². The Morgan fingerprint density at radius 1 is 1.30 bits per heavy atom. The number of thiazole rings is 1. The molecule has 1 aromatic carbocycles. The van der Waals surface area contributed by atoms with Crippen molar-refractivity contribution >= 4 is 50.6 Å². The quantitative estimate of drug-likeness (QED) is 0.770. The van der Waals surface area contributed by atoms with Gasteiger partial charge in [0.25, 0.3) is 0 Å². The molecule has 0 saturated heterocycles. The summed E-state index contributed by atoms with van der Waals surface area (Å²) < 4.78 is 1.04. The van der Waals surface area contributed by atoms with Gasteiger partial charge in [-0.15, -0.1) is 11.3 Å². The van der Waals surface area contributed by atoms with Gasteiger partial charge in [0, 0.05) is 5.69 Å². The molecule has 3 aromatic rings. The zero-order valence-electron chi connectivity index (χ0n) is 10.0. The van der Waals surface area contributed by atoms with E-state index in [1.165, 1.54) is 17.4 Å². The second-order valence-electron chi connectivity index (χ2n) is 3.99. The van der Waals surface area contributed by atoms with E-state index in [0.29, 0.717) is 5.82 Å². The summed E-state index contributed by atoms with van der Waals surface area (Å²) in [5.41, 5.74) is 3.34. The Morgan fingerprint density at radius 3 is 2.95 bits per heavy atom. The standard InChI is InChI=1S/C13H8ClN3O2S/c14-8-2-4-11(17-12(8)13(18)19)16-7-1-3-9-10(5-7)20-6-15-9/h1-6H,(H,16,17)(H,18,19). The summed E-state index contributed by atoms with van der Waals surface area (Å²) in [6.45, 7) is 0. The predicted molar refractivity (Wildman–Crippen MR) is 79.1 cm³/mol. The molecule has 2 N–H and O–H groups in total. The van der Waals surface area contributed by atoms with Gasteiger partial charge in [-0.05, 0) is 30.3 Å². The number of carbonyl (C=O) groups is 1. The number of fused-ring (bicyclic) bond motifs is 1. The van der Waals surface area contributed by atoms with Crippen LogP contribution in [0, 0.1) is 0 Å². The fraction of sp³-hybridized carbons (Fsp3) is 0. The first-order valence-electron chi connectivity index (χ1n) is 5.63. The number of carboxylic acids is 1. The zero-order valence-corrected chi connectivity index (χ0v) is 11.6. The SMILES string of the molecule is O=C(O)c1nc(Nc2ccc3ncsc3c2)ccc1Cl. The summed E-state index contributed by atoms with van der Waals surface area (Å²) in [7, 11) is 0. The molecule has 0 aliphatic heterocycles. The van der Waals surface area contributed by atoms with Crippen LogP contribution in [-0.4, -0.2) is 21.0 Å². The van der Waals surface area contributed by atoms with Crippen molar-refractivity contribution in [1.29, 1.82) is 0 Å². The molecule has 20 heavy (non-hydrogen) atoms. The molecule has 0 bridgehead atoms. The molecule has 0 unspecified atom stereocenters.